The van der Waals surface area contributed by atoms with E-state index in [1.54, 1.807) is 18.2 Å². The second-order valence-corrected chi connectivity index (χ2v) is 7.48. The largest absolute Gasteiger partial charge is 0.272 e. The molecule has 26 heavy (non-hydrogen) atoms. The van der Waals surface area contributed by atoms with Crippen molar-refractivity contribution in [1.29, 1.82) is 0 Å². The van der Waals surface area contributed by atoms with Gasteiger partial charge in [0, 0.05) is 11.1 Å². The summed E-state index contributed by atoms with van der Waals surface area (Å²) in [5.74, 6) is -0.567. The van der Waals surface area contributed by atoms with Crippen LogP contribution in [-0.4, -0.2) is 22.4 Å². The van der Waals surface area contributed by atoms with Crippen molar-refractivity contribution in [1.82, 2.24) is 10.4 Å². The number of allylic oxidation sites excluding steroid dienone is 1. The summed E-state index contributed by atoms with van der Waals surface area (Å²) in [5, 5.41) is 1.39. The number of nitrogens with one attached hydrogen (secondary N) is 1. The Morgan fingerprint density at radius 3 is 2.04 bits per heavy atom. The van der Waals surface area contributed by atoms with Gasteiger partial charge in [0.25, 0.3) is 11.8 Å². The van der Waals surface area contributed by atoms with E-state index in [1.165, 1.54) is 5.01 Å². The van der Waals surface area contributed by atoms with E-state index < -0.39 is 5.54 Å². The predicted octanol–water partition coefficient (Wildman–Crippen LogP) is 4.61. The van der Waals surface area contributed by atoms with E-state index in [-0.39, 0.29) is 11.8 Å². The predicted molar refractivity (Wildman–Crippen MR) is 106 cm³/mol. The number of hydrazine groups is 1. The van der Waals surface area contributed by atoms with Gasteiger partial charge in [0.05, 0.1) is 5.54 Å². The van der Waals surface area contributed by atoms with Gasteiger partial charge >= 0.3 is 0 Å². The van der Waals surface area contributed by atoms with Crippen molar-refractivity contribution >= 4 is 17.4 Å². The zero-order chi connectivity index (χ0) is 19.5. The van der Waals surface area contributed by atoms with E-state index in [2.05, 4.69) is 12.0 Å². The van der Waals surface area contributed by atoms with Crippen molar-refractivity contribution in [2.24, 2.45) is 0 Å². The minimum absolute atomic E-state index is 0.242. The molecular formula is C22H26N2O2. The second-order valence-electron chi connectivity index (χ2n) is 7.48. The summed E-state index contributed by atoms with van der Waals surface area (Å²) < 4.78 is 0. The molecule has 0 bridgehead atoms. The molecule has 0 saturated heterocycles. The molecule has 0 aliphatic rings. The van der Waals surface area contributed by atoms with Gasteiger partial charge in [-0.3, -0.25) is 15.0 Å². The smallest absolute Gasteiger partial charge is 0.267 e. The maximum atomic E-state index is 13.0. The third kappa shape index (κ3) is 4.60. The molecule has 0 heterocycles. The fourth-order valence-electron chi connectivity index (χ4n) is 2.50. The Kier molecular flexibility index (Phi) is 5.66. The number of amides is 2. The lowest BCUT2D eigenvalue weighted by Gasteiger charge is -2.35. The molecule has 0 spiro atoms. The molecule has 0 unspecified atom stereocenters. The molecule has 0 aromatic heterocycles. The van der Waals surface area contributed by atoms with Crippen molar-refractivity contribution < 1.29 is 9.59 Å². The van der Waals surface area contributed by atoms with Crippen LogP contribution in [0.5, 0.6) is 0 Å². The Balaban J connectivity index is 2.26. The molecule has 2 aromatic rings. The van der Waals surface area contributed by atoms with Gasteiger partial charge in [0.1, 0.15) is 0 Å². The van der Waals surface area contributed by atoms with Gasteiger partial charge in [-0.1, -0.05) is 42.0 Å². The molecule has 2 aromatic carbocycles. The molecule has 0 aliphatic heterocycles. The molecule has 4 heteroatoms. The summed E-state index contributed by atoms with van der Waals surface area (Å²) in [5.41, 5.74) is 6.12. The fourth-order valence-corrected chi connectivity index (χ4v) is 2.50. The highest BCUT2D eigenvalue weighted by atomic mass is 16.2. The van der Waals surface area contributed by atoms with E-state index in [1.807, 2.05) is 65.0 Å². The molecule has 0 radical (unpaired) electrons. The Morgan fingerprint density at radius 1 is 0.962 bits per heavy atom. The molecule has 1 N–H and O–H groups in total. The van der Waals surface area contributed by atoms with Gasteiger partial charge in [-0.15, -0.1) is 0 Å². The van der Waals surface area contributed by atoms with E-state index in [4.69, 9.17) is 0 Å². The van der Waals surface area contributed by atoms with Crippen LogP contribution in [0, 0.1) is 6.92 Å². The molecule has 4 nitrogen and oxygen atoms in total. The van der Waals surface area contributed by atoms with Gasteiger partial charge < -0.3 is 0 Å². The Hall–Kier alpha value is -2.88. The standard InChI is InChI=1S/C22H26N2O2/c1-15(2)17-10-12-18(13-11-17)20(25)23-24(22(4,5)6)21(26)19-9-7-8-16(3)14-19/h7-14H,1H2,2-6H3,(H,23,25). The maximum absolute atomic E-state index is 13.0. The highest BCUT2D eigenvalue weighted by Gasteiger charge is 2.29. The average molecular weight is 350 g/mol. The zero-order valence-corrected chi connectivity index (χ0v) is 16.1. The van der Waals surface area contributed by atoms with Gasteiger partial charge in [-0.25, -0.2) is 5.01 Å². The molecule has 136 valence electrons. The van der Waals surface area contributed by atoms with Crippen molar-refractivity contribution in [3.63, 3.8) is 0 Å². The lowest BCUT2D eigenvalue weighted by atomic mass is 10.0. The van der Waals surface area contributed by atoms with Crippen molar-refractivity contribution in [2.75, 3.05) is 0 Å². The lowest BCUT2D eigenvalue weighted by molar-refractivity contribution is 0.0358. The van der Waals surface area contributed by atoms with E-state index in [9.17, 15) is 9.59 Å². The summed E-state index contributed by atoms with van der Waals surface area (Å²) >= 11 is 0. The third-order valence-electron chi connectivity index (χ3n) is 3.99. The average Bonchev–Trinajstić information content (AvgIpc) is 2.58. The van der Waals surface area contributed by atoms with Crippen molar-refractivity contribution in [3.05, 3.63) is 77.4 Å². The second kappa shape index (κ2) is 7.56. The van der Waals surface area contributed by atoms with E-state index >= 15 is 0 Å². The number of carbonyl (C=O) groups is 2. The van der Waals surface area contributed by atoms with Gasteiger partial charge in [0.2, 0.25) is 0 Å². The Labute approximate surface area is 155 Å². The summed E-state index contributed by atoms with van der Waals surface area (Å²) in [6.07, 6.45) is 0. The highest BCUT2D eigenvalue weighted by molar-refractivity contribution is 5.99. The number of benzene rings is 2. The zero-order valence-electron chi connectivity index (χ0n) is 16.1. The van der Waals surface area contributed by atoms with Crippen LogP contribution in [0.1, 0.15) is 59.5 Å². The number of hydrogen-bond acceptors (Lipinski definition) is 2. The van der Waals surface area contributed by atoms with Crippen LogP contribution in [-0.2, 0) is 0 Å². The molecule has 2 rings (SSSR count). The van der Waals surface area contributed by atoms with Crippen LogP contribution in [0.4, 0.5) is 0 Å². The quantitative estimate of drug-likeness (QED) is 0.822. The van der Waals surface area contributed by atoms with Crippen LogP contribution in [0.2, 0.25) is 0 Å². The first-order chi connectivity index (χ1) is 12.1. The number of nitrogens with zero attached hydrogens (tertiary/aromatic N) is 1. The topological polar surface area (TPSA) is 49.4 Å². The highest BCUT2D eigenvalue weighted by Crippen LogP contribution is 2.17. The normalized spacial score (nSPS) is 11.0. The Bertz CT molecular complexity index is 830. The van der Waals surface area contributed by atoms with E-state index in [0.717, 1.165) is 16.7 Å². The van der Waals surface area contributed by atoms with Crippen LogP contribution >= 0.6 is 0 Å². The number of rotatable bonds is 3. The van der Waals surface area contributed by atoms with Crippen LogP contribution in [0.25, 0.3) is 5.57 Å². The first-order valence-corrected chi connectivity index (χ1v) is 8.58. The first-order valence-electron chi connectivity index (χ1n) is 8.58. The minimum Gasteiger partial charge on any atom is -0.267 e. The number of aryl methyl sites for hydroxylation is 1. The molecule has 0 fully saturated rings. The summed E-state index contributed by atoms with van der Waals surface area (Å²) in [7, 11) is 0. The van der Waals surface area contributed by atoms with Crippen LogP contribution in [0.3, 0.4) is 0 Å². The van der Waals surface area contributed by atoms with Crippen LogP contribution < -0.4 is 5.43 Å². The molecule has 2 amide bonds. The first kappa shape index (κ1) is 19.4. The van der Waals surface area contributed by atoms with Crippen LogP contribution in [0.15, 0.2) is 55.1 Å². The van der Waals surface area contributed by atoms with E-state index in [0.29, 0.717) is 11.1 Å². The summed E-state index contributed by atoms with van der Waals surface area (Å²) in [4.78, 5) is 25.6. The fraction of sp³-hybridized carbons (Fsp3) is 0.273. The number of hydrogen-bond donors (Lipinski definition) is 1. The van der Waals surface area contributed by atoms with Gasteiger partial charge in [-0.05, 0) is 64.4 Å². The Morgan fingerprint density at radius 2 is 1.54 bits per heavy atom. The molecule has 0 aliphatic carbocycles. The minimum atomic E-state index is -0.575. The number of carbonyl (C=O) groups excluding carboxylic acids is 2. The summed E-state index contributed by atoms with van der Waals surface area (Å²) in [6.45, 7) is 13.4. The van der Waals surface area contributed by atoms with Crippen molar-refractivity contribution in [3.8, 4) is 0 Å². The summed E-state index contributed by atoms with van der Waals surface area (Å²) in [6, 6.07) is 14.5. The van der Waals surface area contributed by atoms with Crippen molar-refractivity contribution in [2.45, 2.75) is 40.2 Å². The molecule has 0 saturated carbocycles. The lowest BCUT2D eigenvalue weighted by Crippen LogP contribution is -2.55. The SMILES string of the molecule is C=C(C)c1ccc(C(=O)NN(C(=O)c2cccc(C)c2)C(C)(C)C)cc1. The maximum Gasteiger partial charge on any atom is 0.272 e. The third-order valence-corrected chi connectivity index (χ3v) is 3.99. The molecular weight excluding hydrogens is 324 g/mol. The molecule has 0 atom stereocenters. The monoisotopic (exact) mass is 350 g/mol. The van der Waals surface area contributed by atoms with Gasteiger partial charge in [-0.2, -0.15) is 0 Å². The van der Waals surface area contributed by atoms with Gasteiger partial charge in [0.15, 0.2) is 0 Å².